The summed E-state index contributed by atoms with van der Waals surface area (Å²) < 4.78 is 78.6. The molecule has 1 saturated carbocycles. The molecule has 1 aromatic heterocycles. The fourth-order valence-electron chi connectivity index (χ4n) is 6.11. The van der Waals surface area contributed by atoms with Gasteiger partial charge in [-0.15, -0.1) is 0 Å². The van der Waals surface area contributed by atoms with Crippen LogP contribution in [0.15, 0.2) is 42.6 Å². The summed E-state index contributed by atoms with van der Waals surface area (Å²) in [5.74, 6) is -0.471. The zero-order valence-electron chi connectivity index (χ0n) is 23.7. The third-order valence-electron chi connectivity index (χ3n) is 8.47. The third kappa shape index (κ3) is 5.80. The Kier molecular flexibility index (Phi) is 7.58. The average molecular weight is 602 g/mol. The number of aliphatic hydroxyl groups is 1. The fourth-order valence-corrected chi connectivity index (χ4v) is 6.11. The summed E-state index contributed by atoms with van der Waals surface area (Å²) in [7, 11) is 0. The largest absolute Gasteiger partial charge is 0.493 e. The van der Waals surface area contributed by atoms with Crippen LogP contribution in [-0.4, -0.2) is 48.1 Å². The number of carbonyl (C=O) groups excluding carboxylic acids is 1. The van der Waals surface area contributed by atoms with Crippen LogP contribution in [0.25, 0.3) is 11.1 Å². The normalized spacial score (nSPS) is 21.4. The van der Waals surface area contributed by atoms with Gasteiger partial charge in [0.2, 0.25) is 5.88 Å². The van der Waals surface area contributed by atoms with E-state index in [0.29, 0.717) is 36.8 Å². The van der Waals surface area contributed by atoms with Crippen molar-refractivity contribution in [1.82, 2.24) is 4.98 Å². The van der Waals surface area contributed by atoms with Gasteiger partial charge in [-0.25, -0.2) is 9.37 Å². The van der Waals surface area contributed by atoms with E-state index in [-0.39, 0.29) is 72.7 Å². The number of ether oxygens (including phenoxy) is 4. The highest BCUT2D eigenvalue weighted by Gasteiger charge is 2.60. The predicted octanol–water partition coefficient (Wildman–Crippen LogP) is 5.77. The van der Waals surface area contributed by atoms with Crippen LogP contribution in [0, 0.1) is 24.6 Å². The lowest BCUT2D eigenvalue weighted by atomic mass is 9.93. The minimum atomic E-state index is -4.79. The SMILES string of the molecule is CCOC(=O)C1C2Cc3cc(OCc4cc(-c5ccc(OCCC6(O)COC6)cc5C)c(C(F)(F)F)cc4F)ncc3C21. The second kappa shape index (κ2) is 11.1. The Bertz CT molecular complexity index is 1550. The van der Waals surface area contributed by atoms with Crippen molar-refractivity contribution < 1.29 is 46.4 Å². The molecule has 1 N–H and O–H groups in total. The molecule has 1 aliphatic heterocycles. The molecule has 43 heavy (non-hydrogen) atoms. The maximum Gasteiger partial charge on any atom is 0.417 e. The van der Waals surface area contributed by atoms with Crippen LogP contribution in [0.3, 0.4) is 0 Å². The van der Waals surface area contributed by atoms with Crippen molar-refractivity contribution in [3.63, 3.8) is 0 Å². The van der Waals surface area contributed by atoms with Crippen LogP contribution < -0.4 is 9.47 Å². The van der Waals surface area contributed by atoms with Crippen molar-refractivity contribution in [3.05, 3.63) is 76.2 Å². The van der Waals surface area contributed by atoms with Crippen molar-refractivity contribution in [1.29, 1.82) is 0 Å². The molecule has 2 aliphatic carbocycles. The van der Waals surface area contributed by atoms with Crippen molar-refractivity contribution in [2.45, 2.75) is 51.0 Å². The van der Waals surface area contributed by atoms with Gasteiger partial charge in [0.25, 0.3) is 0 Å². The number of hydrogen-bond donors (Lipinski definition) is 1. The van der Waals surface area contributed by atoms with Crippen molar-refractivity contribution in [2.75, 3.05) is 26.4 Å². The number of esters is 1. The molecule has 0 amide bonds. The number of benzene rings is 2. The number of nitrogens with zero attached hydrogens (tertiary/aromatic N) is 1. The van der Waals surface area contributed by atoms with Gasteiger partial charge in [0, 0.05) is 30.2 Å². The highest BCUT2D eigenvalue weighted by Crippen LogP contribution is 2.61. The van der Waals surface area contributed by atoms with Gasteiger partial charge in [-0.3, -0.25) is 4.79 Å². The number of halogens is 4. The lowest BCUT2D eigenvalue weighted by Gasteiger charge is -2.36. The van der Waals surface area contributed by atoms with Gasteiger partial charge in [-0.2, -0.15) is 13.2 Å². The Balaban J connectivity index is 1.18. The van der Waals surface area contributed by atoms with Gasteiger partial charge in [-0.1, -0.05) is 6.07 Å². The lowest BCUT2D eigenvalue weighted by molar-refractivity contribution is -0.184. The second-order valence-corrected chi connectivity index (χ2v) is 11.5. The topological polar surface area (TPSA) is 87.1 Å². The highest BCUT2D eigenvalue weighted by molar-refractivity contribution is 5.79. The van der Waals surface area contributed by atoms with Crippen molar-refractivity contribution in [2.24, 2.45) is 11.8 Å². The van der Waals surface area contributed by atoms with Crippen LogP contribution in [0.1, 0.15) is 47.1 Å². The van der Waals surface area contributed by atoms with E-state index in [1.807, 2.05) is 0 Å². The van der Waals surface area contributed by atoms with Crippen molar-refractivity contribution in [3.8, 4) is 22.8 Å². The first-order valence-corrected chi connectivity index (χ1v) is 14.2. The summed E-state index contributed by atoms with van der Waals surface area (Å²) in [6, 6.07) is 8.08. The molecule has 2 heterocycles. The molecule has 7 nitrogen and oxygen atoms in total. The van der Waals surface area contributed by atoms with Gasteiger partial charge in [0.1, 0.15) is 23.8 Å². The molecule has 1 saturated heterocycles. The molecule has 3 atom stereocenters. The van der Waals surface area contributed by atoms with Crippen LogP contribution in [-0.2, 0) is 33.5 Å². The minimum absolute atomic E-state index is 0.0498. The zero-order chi connectivity index (χ0) is 30.5. The van der Waals surface area contributed by atoms with Gasteiger partial charge >= 0.3 is 12.1 Å². The van der Waals surface area contributed by atoms with Gasteiger partial charge in [-0.05, 0) is 78.3 Å². The van der Waals surface area contributed by atoms with E-state index in [0.717, 1.165) is 11.1 Å². The molecule has 0 spiro atoms. The van der Waals surface area contributed by atoms with Gasteiger partial charge in [0.05, 0.1) is 37.9 Å². The molecular formula is C32H31F4NO6. The van der Waals surface area contributed by atoms with Gasteiger partial charge in [0.15, 0.2) is 0 Å². The van der Waals surface area contributed by atoms with Crippen LogP contribution in [0.2, 0.25) is 0 Å². The maximum atomic E-state index is 15.0. The molecular weight excluding hydrogens is 570 g/mol. The highest BCUT2D eigenvalue weighted by atomic mass is 19.4. The molecule has 2 aromatic carbocycles. The maximum absolute atomic E-state index is 15.0. The quantitative estimate of drug-likeness (QED) is 0.233. The number of alkyl halides is 3. The van der Waals surface area contributed by atoms with Crippen LogP contribution >= 0.6 is 0 Å². The molecule has 0 radical (unpaired) electrons. The Hall–Kier alpha value is -3.70. The summed E-state index contributed by atoms with van der Waals surface area (Å²) >= 11 is 0. The Morgan fingerprint density at radius 1 is 1.14 bits per heavy atom. The number of carbonyl (C=O) groups is 1. The molecule has 0 bridgehead atoms. The summed E-state index contributed by atoms with van der Waals surface area (Å²) in [5.41, 5.74) is 0.507. The third-order valence-corrected chi connectivity index (χ3v) is 8.47. The minimum Gasteiger partial charge on any atom is -0.493 e. The van der Waals surface area contributed by atoms with Gasteiger partial charge < -0.3 is 24.1 Å². The molecule has 3 unspecified atom stereocenters. The number of pyridine rings is 1. The molecule has 228 valence electrons. The van der Waals surface area contributed by atoms with Crippen LogP contribution in [0.5, 0.6) is 11.6 Å². The predicted molar refractivity (Wildman–Crippen MR) is 146 cm³/mol. The van der Waals surface area contributed by atoms with Crippen LogP contribution in [0.4, 0.5) is 17.6 Å². The molecule has 3 aliphatic rings. The standard InChI is InChI=1S/C32H31F4NO6/c1-3-41-30(38)29-23-9-18-11-27(37-13-24(18)28(23)29)43-14-19-10-22(25(12-26(19)33)32(34,35)36)21-5-4-20(8-17(21)2)42-7-6-31(39)15-40-16-31/h4-5,8,10-13,23,28-29,39H,3,6-7,9,14-16H2,1-2H3. The summed E-state index contributed by atoms with van der Waals surface area (Å²) in [6.07, 6.45) is -2.10. The molecule has 6 rings (SSSR count). The summed E-state index contributed by atoms with van der Waals surface area (Å²) in [6.45, 7) is 4.13. The lowest BCUT2D eigenvalue weighted by Crippen LogP contribution is -2.50. The zero-order valence-corrected chi connectivity index (χ0v) is 23.7. The van der Waals surface area contributed by atoms with E-state index >= 15 is 0 Å². The molecule has 11 heteroatoms. The van der Waals surface area contributed by atoms with E-state index in [1.165, 1.54) is 12.1 Å². The van der Waals surface area contributed by atoms with E-state index < -0.39 is 23.2 Å². The van der Waals surface area contributed by atoms with E-state index in [9.17, 15) is 27.5 Å². The smallest absolute Gasteiger partial charge is 0.417 e. The second-order valence-electron chi connectivity index (χ2n) is 11.5. The monoisotopic (exact) mass is 601 g/mol. The van der Waals surface area contributed by atoms with E-state index in [1.54, 1.807) is 38.2 Å². The number of aromatic nitrogens is 1. The van der Waals surface area contributed by atoms with E-state index in [4.69, 9.17) is 18.9 Å². The number of rotatable bonds is 10. The first kappa shape index (κ1) is 29.4. The number of aryl methyl sites for hydroxylation is 1. The summed E-state index contributed by atoms with van der Waals surface area (Å²) in [5, 5.41) is 10.1. The Morgan fingerprint density at radius 2 is 1.93 bits per heavy atom. The van der Waals surface area contributed by atoms with Crippen molar-refractivity contribution >= 4 is 5.97 Å². The Morgan fingerprint density at radius 3 is 2.60 bits per heavy atom. The Labute approximate surface area is 245 Å². The first-order chi connectivity index (χ1) is 20.5. The average Bonchev–Trinajstić information content (AvgIpc) is 3.52. The van der Waals surface area contributed by atoms with E-state index in [2.05, 4.69) is 4.98 Å². The number of fused-ring (bicyclic) bond motifs is 3. The number of hydrogen-bond acceptors (Lipinski definition) is 7. The molecule has 3 aromatic rings. The summed E-state index contributed by atoms with van der Waals surface area (Å²) in [4.78, 5) is 16.4. The first-order valence-electron chi connectivity index (χ1n) is 14.2. The molecule has 2 fully saturated rings. The fraction of sp³-hybridized carbons (Fsp3) is 0.438.